The van der Waals surface area contributed by atoms with Crippen LogP contribution in [0.4, 0.5) is 11.5 Å². The molecule has 2 aromatic rings. The number of aryl methyl sites for hydroxylation is 1. The third-order valence-electron chi connectivity index (χ3n) is 7.07. The van der Waals surface area contributed by atoms with Gasteiger partial charge in [0.2, 0.25) is 0 Å². The molecule has 9 nitrogen and oxygen atoms in total. The summed E-state index contributed by atoms with van der Waals surface area (Å²) in [4.78, 5) is 9.24. The molecule has 2 aliphatic heterocycles. The van der Waals surface area contributed by atoms with Crippen molar-refractivity contribution >= 4 is 29.6 Å². The first-order valence-electron chi connectivity index (χ1n) is 13.8. The van der Waals surface area contributed by atoms with Gasteiger partial charge >= 0.3 is 0 Å². The van der Waals surface area contributed by atoms with Gasteiger partial charge < -0.3 is 19.5 Å². The van der Waals surface area contributed by atoms with Gasteiger partial charge in [-0.1, -0.05) is 13.0 Å². The summed E-state index contributed by atoms with van der Waals surface area (Å²) in [5.74, 6) is 3.05. The van der Waals surface area contributed by atoms with Crippen molar-refractivity contribution < 1.29 is 18.7 Å². The lowest BCUT2D eigenvalue weighted by Gasteiger charge is -2.39. The number of hydrazone groups is 1. The molecular weight excluding hydrogens is 504 g/mol. The van der Waals surface area contributed by atoms with Gasteiger partial charge in [0.15, 0.2) is 11.5 Å². The zero-order valence-corrected chi connectivity index (χ0v) is 24.5. The Morgan fingerprint density at radius 2 is 2.02 bits per heavy atom. The molecule has 2 aliphatic rings. The van der Waals surface area contributed by atoms with Crippen LogP contribution in [-0.4, -0.2) is 72.7 Å². The lowest BCUT2D eigenvalue weighted by atomic mass is 10.1. The molecule has 0 unspecified atom stereocenters. The van der Waals surface area contributed by atoms with Crippen LogP contribution in [0, 0.1) is 6.92 Å². The van der Waals surface area contributed by atoms with Crippen LogP contribution >= 0.6 is 0 Å². The number of benzene rings is 1. The zero-order chi connectivity index (χ0) is 28.5. The molecule has 1 fully saturated rings. The maximum Gasteiger partial charge on any atom is 0.192 e. The maximum absolute atomic E-state index is 6.16. The molecule has 1 aromatic heterocycles. The number of ether oxygens (including phenoxy) is 3. The quantitative estimate of drug-likeness (QED) is 0.378. The smallest absolute Gasteiger partial charge is 0.192 e. The number of nitrogens with zero attached hydrogens (tertiary/aromatic N) is 5. The fourth-order valence-corrected chi connectivity index (χ4v) is 4.90. The summed E-state index contributed by atoms with van der Waals surface area (Å²) in [6, 6.07) is 6.03. The largest absolute Gasteiger partial charge is 0.490 e. The SMILES string of the molecule is C/C=N\N1C=CC(Oc2ccc(Nc3ncnc(=C/C)/c3=C(OC)\C(=C\CC)[N+]3(C)CCOCC3)cc2C)=CC1. The Morgan fingerprint density at radius 3 is 2.65 bits per heavy atom. The van der Waals surface area contributed by atoms with Crippen LogP contribution < -0.4 is 20.6 Å². The monoisotopic (exact) mass is 545 g/mol. The Bertz CT molecular complexity index is 1440. The van der Waals surface area contributed by atoms with Gasteiger partial charge in [-0.25, -0.2) is 9.97 Å². The third kappa shape index (κ3) is 6.60. The molecule has 0 aliphatic carbocycles. The number of nitrogens with one attached hydrogen (secondary N) is 1. The molecule has 0 amide bonds. The molecular formula is C31H41N6O3+. The fourth-order valence-electron chi connectivity index (χ4n) is 4.90. The van der Waals surface area contributed by atoms with Crippen LogP contribution in [0.1, 0.15) is 32.8 Å². The molecule has 0 bridgehead atoms. The normalized spacial score (nSPS) is 18.6. The van der Waals surface area contributed by atoms with Crippen molar-refractivity contribution in [3.05, 3.63) is 76.5 Å². The summed E-state index contributed by atoms with van der Waals surface area (Å²) in [5.41, 5.74) is 3.01. The zero-order valence-electron chi connectivity index (χ0n) is 24.5. The Kier molecular flexibility index (Phi) is 9.74. The predicted molar refractivity (Wildman–Crippen MR) is 160 cm³/mol. The van der Waals surface area contributed by atoms with Gasteiger partial charge in [-0.05, 0) is 69.2 Å². The number of quaternary nitrogens is 1. The molecule has 1 saturated heterocycles. The number of rotatable bonds is 9. The minimum atomic E-state index is 0.666. The summed E-state index contributed by atoms with van der Waals surface area (Å²) in [5, 5.41) is 11.3. The van der Waals surface area contributed by atoms with Crippen LogP contribution in [0.3, 0.4) is 0 Å². The number of allylic oxidation sites excluding steroid dienone is 2. The van der Waals surface area contributed by atoms with Crippen molar-refractivity contribution in [3.63, 3.8) is 0 Å². The van der Waals surface area contributed by atoms with Gasteiger partial charge in [-0.2, -0.15) is 5.10 Å². The van der Waals surface area contributed by atoms with E-state index in [1.807, 2.05) is 62.3 Å². The number of morpholine rings is 1. The van der Waals surface area contributed by atoms with Crippen LogP contribution in [0.2, 0.25) is 0 Å². The number of hydrogen-bond acceptors (Lipinski definition) is 8. The highest BCUT2D eigenvalue weighted by atomic mass is 16.5. The second kappa shape index (κ2) is 13.4. The van der Waals surface area contributed by atoms with Crippen LogP contribution in [0.5, 0.6) is 5.75 Å². The lowest BCUT2D eigenvalue weighted by Crippen LogP contribution is -2.52. The van der Waals surface area contributed by atoms with Crippen molar-refractivity contribution in [1.29, 1.82) is 0 Å². The highest BCUT2D eigenvalue weighted by Crippen LogP contribution is 2.28. The van der Waals surface area contributed by atoms with Crippen molar-refractivity contribution in [2.45, 2.75) is 34.1 Å². The van der Waals surface area contributed by atoms with Crippen LogP contribution in [0.25, 0.3) is 11.8 Å². The van der Waals surface area contributed by atoms with E-state index in [4.69, 9.17) is 14.2 Å². The molecule has 0 radical (unpaired) electrons. The van der Waals surface area contributed by atoms with Crippen LogP contribution in [-0.2, 0) is 9.47 Å². The Labute approximate surface area is 237 Å². The first-order chi connectivity index (χ1) is 19.4. The highest BCUT2D eigenvalue weighted by Gasteiger charge is 2.34. The topological polar surface area (TPSA) is 81.1 Å². The van der Waals surface area contributed by atoms with E-state index in [-0.39, 0.29) is 0 Å². The van der Waals surface area contributed by atoms with Crippen molar-refractivity contribution in [2.24, 2.45) is 5.10 Å². The molecule has 1 aromatic carbocycles. The number of likely N-dealkylation sites (N-methyl/N-ethyl adjacent to an activating group) is 1. The van der Waals surface area contributed by atoms with Gasteiger partial charge in [-0.3, -0.25) is 9.49 Å². The average Bonchev–Trinajstić information content (AvgIpc) is 2.96. The molecule has 0 atom stereocenters. The molecule has 9 heteroatoms. The van der Waals surface area contributed by atoms with E-state index in [1.165, 1.54) is 0 Å². The third-order valence-corrected chi connectivity index (χ3v) is 7.07. The van der Waals surface area contributed by atoms with Crippen LogP contribution in [0.15, 0.2) is 65.5 Å². The van der Waals surface area contributed by atoms with E-state index < -0.39 is 0 Å². The van der Waals surface area contributed by atoms with E-state index in [1.54, 1.807) is 19.7 Å². The van der Waals surface area contributed by atoms with Gasteiger partial charge in [0, 0.05) is 18.1 Å². The van der Waals surface area contributed by atoms with E-state index in [9.17, 15) is 0 Å². The predicted octanol–water partition coefficient (Wildman–Crippen LogP) is 3.95. The minimum absolute atomic E-state index is 0.666. The van der Waals surface area contributed by atoms with E-state index >= 15 is 0 Å². The number of aromatic nitrogens is 2. The molecule has 212 valence electrons. The second-order valence-corrected chi connectivity index (χ2v) is 9.88. The Balaban J connectivity index is 1.69. The summed E-state index contributed by atoms with van der Waals surface area (Å²) in [6.07, 6.45) is 14.3. The maximum atomic E-state index is 6.16. The van der Waals surface area contributed by atoms with Gasteiger partial charge in [0.1, 0.15) is 36.7 Å². The molecule has 1 N–H and O–H groups in total. The molecule has 40 heavy (non-hydrogen) atoms. The van der Waals surface area contributed by atoms with Gasteiger partial charge in [-0.15, -0.1) is 0 Å². The van der Waals surface area contributed by atoms with Gasteiger partial charge in [0.25, 0.3) is 0 Å². The summed E-state index contributed by atoms with van der Waals surface area (Å²) in [7, 11) is 3.96. The average molecular weight is 546 g/mol. The summed E-state index contributed by atoms with van der Waals surface area (Å²) >= 11 is 0. The van der Waals surface area contributed by atoms with Crippen molar-refractivity contribution in [1.82, 2.24) is 15.0 Å². The highest BCUT2D eigenvalue weighted by molar-refractivity contribution is 5.65. The Hall–Kier alpha value is -3.95. The second-order valence-electron chi connectivity index (χ2n) is 9.88. The number of hydrogen-bond donors (Lipinski definition) is 1. The van der Waals surface area contributed by atoms with E-state index in [0.717, 1.165) is 68.8 Å². The molecule has 4 rings (SSSR count). The molecule has 0 spiro atoms. The first kappa shape index (κ1) is 29.0. The summed E-state index contributed by atoms with van der Waals surface area (Å²) < 4.78 is 18.7. The lowest BCUT2D eigenvalue weighted by molar-refractivity contribution is -0.877. The van der Waals surface area contributed by atoms with E-state index in [2.05, 4.69) is 46.5 Å². The Morgan fingerprint density at radius 1 is 1.23 bits per heavy atom. The van der Waals surface area contributed by atoms with Crippen molar-refractivity contribution in [2.75, 3.05) is 52.3 Å². The molecule has 0 saturated carbocycles. The van der Waals surface area contributed by atoms with Crippen molar-refractivity contribution in [3.8, 4) is 5.75 Å². The first-order valence-corrected chi connectivity index (χ1v) is 13.8. The van der Waals surface area contributed by atoms with Gasteiger partial charge in [0.05, 0.1) is 44.5 Å². The standard InChI is InChI=1S/C31H41N6O3/c1-7-10-27(37(5)17-19-39-20-18-37)30(38-6)29-26(8-2)32-22-33-31(29)35-24-11-12-28(23(4)21-24)40-25-13-15-36(16-14-25)34-9-3/h8-15,21-22H,7,16-20H2,1-6H3,(H,32,33,35)/q+1/b26-8+,27-10-,30-29-,34-9-. The molecule has 3 heterocycles. The minimum Gasteiger partial charge on any atom is -0.490 e. The summed E-state index contributed by atoms with van der Waals surface area (Å²) in [6.45, 7) is 11.9. The number of anilines is 2. The van der Waals surface area contributed by atoms with E-state index in [0.29, 0.717) is 25.6 Å². The fraction of sp³-hybridized carbons (Fsp3) is 0.387. The number of methoxy groups -OCH3 is 1.